The molecular formula is C11H16FN3O. The van der Waals surface area contributed by atoms with Gasteiger partial charge in [0.05, 0.1) is 18.8 Å². The quantitative estimate of drug-likeness (QED) is 0.819. The van der Waals surface area contributed by atoms with E-state index in [1.807, 2.05) is 0 Å². The number of aromatic nitrogens is 1. The van der Waals surface area contributed by atoms with E-state index in [0.717, 1.165) is 25.5 Å². The van der Waals surface area contributed by atoms with Crippen molar-refractivity contribution in [1.82, 2.24) is 10.3 Å². The van der Waals surface area contributed by atoms with E-state index in [1.165, 1.54) is 12.3 Å². The first-order valence-corrected chi connectivity index (χ1v) is 5.39. The lowest BCUT2D eigenvalue weighted by Crippen LogP contribution is -2.53. The lowest BCUT2D eigenvalue weighted by molar-refractivity contribution is 0.170. The number of nitrogens with zero attached hydrogens (tertiary/aromatic N) is 2. The summed E-state index contributed by atoms with van der Waals surface area (Å²) in [5.41, 5.74) is 0. The van der Waals surface area contributed by atoms with Crippen LogP contribution in [0.15, 0.2) is 18.3 Å². The normalized spacial score (nSPS) is 21.1. The molecule has 0 spiro atoms. The molecule has 0 amide bonds. The number of hydrogen-bond acceptors (Lipinski definition) is 4. The predicted octanol–water partition coefficient (Wildman–Crippen LogP) is 0.645. The van der Waals surface area contributed by atoms with Crippen LogP contribution in [0.5, 0.6) is 0 Å². The molecule has 88 valence electrons. The predicted molar refractivity (Wildman–Crippen MR) is 60.1 cm³/mol. The maximum Gasteiger partial charge on any atom is 0.141 e. The number of methoxy groups -OCH3 is 1. The van der Waals surface area contributed by atoms with Crippen LogP contribution in [-0.2, 0) is 4.74 Å². The molecule has 16 heavy (non-hydrogen) atoms. The van der Waals surface area contributed by atoms with Gasteiger partial charge < -0.3 is 15.0 Å². The molecule has 0 saturated carbocycles. The number of hydrogen-bond donors (Lipinski definition) is 1. The average molecular weight is 225 g/mol. The standard InChI is InChI=1S/C11H16FN3O/c1-16-8-10-7-13-4-5-15(10)11-3-2-9(12)6-14-11/h2-3,6,10,13H,4-5,7-8H2,1H3/t10-/m1/s1. The van der Waals surface area contributed by atoms with E-state index < -0.39 is 0 Å². The van der Waals surface area contributed by atoms with Crippen LogP contribution < -0.4 is 10.2 Å². The second-order valence-electron chi connectivity index (χ2n) is 3.84. The molecule has 1 fully saturated rings. The van der Waals surface area contributed by atoms with Crippen LogP contribution >= 0.6 is 0 Å². The third-order valence-corrected chi connectivity index (χ3v) is 2.72. The zero-order valence-electron chi connectivity index (χ0n) is 9.32. The number of anilines is 1. The Bertz CT molecular complexity index is 329. The van der Waals surface area contributed by atoms with Crippen molar-refractivity contribution in [3.8, 4) is 0 Å². The minimum absolute atomic E-state index is 0.261. The molecule has 0 aromatic carbocycles. The zero-order valence-corrected chi connectivity index (χ0v) is 9.32. The molecule has 0 radical (unpaired) electrons. The Hall–Kier alpha value is -1.20. The summed E-state index contributed by atoms with van der Waals surface area (Å²) in [6.07, 6.45) is 1.25. The van der Waals surface area contributed by atoms with Crippen molar-refractivity contribution in [2.75, 3.05) is 38.3 Å². The van der Waals surface area contributed by atoms with E-state index in [0.29, 0.717) is 6.61 Å². The molecule has 0 bridgehead atoms. The highest BCUT2D eigenvalue weighted by molar-refractivity contribution is 5.40. The fourth-order valence-corrected chi connectivity index (χ4v) is 1.94. The summed E-state index contributed by atoms with van der Waals surface area (Å²) in [6, 6.07) is 3.41. The monoisotopic (exact) mass is 225 g/mol. The van der Waals surface area contributed by atoms with E-state index in [9.17, 15) is 4.39 Å². The van der Waals surface area contributed by atoms with Gasteiger partial charge >= 0.3 is 0 Å². The lowest BCUT2D eigenvalue weighted by Gasteiger charge is -2.36. The van der Waals surface area contributed by atoms with Crippen LogP contribution in [0.1, 0.15) is 0 Å². The number of nitrogens with one attached hydrogen (secondary N) is 1. The van der Waals surface area contributed by atoms with Gasteiger partial charge in [0.1, 0.15) is 11.6 Å². The van der Waals surface area contributed by atoms with Gasteiger partial charge in [0.2, 0.25) is 0 Å². The van der Waals surface area contributed by atoms with Crippen molar-refractivity contribution < 1.29 is 9.13 Å². The van der Waals surface area contributed by atoms with E-state index in [1.54, 1.807) is 13.2 Å². The first kappa shape index (κ1) is 11.3. The van der Waals surface area contributed by atoms with E-state index in [-0.39, 0.29) is 11.9 Å². The third kappa shape index (κ3) is 2.48. The van der Waals surface area contributed by atoms with Gasteiger partial charge in [-0.25, -0.2) is 9.37 Å². The van der Waals surface area contributed by atoms with Crippen molar-refractivity contribution in [3.63, 3.8) is 0 Å². The first-order valence-electron chi connectivity index (χ1n) is 5.39. The summed E-state index contributed by atoms with van der Waals surface area (Å²) in [5.74, 6) is 0.507. The van der Waals surface area contributed by atoms with Crippen molar-refractivity contribution in [2.45, 2.75) is 6.04 Å². The Morgan fingerprint density at radius 1 is 1.62 bits per heavy atom. The molecule has 4 nitrogen and oxygen atoms in total. The molecule has 2 rings (SSSR count). The summed E-state index contributed by atoms with van der Waals surface area (Å²) in [7, 11) is 1.69. The number of piperazine rings is 1. The molecule has 1 atom stereocenters. The van der Waals surface area contributed by atoms with E-state index in [4.69, 9.17) is 4.74 Å². The second kappa shape index (κ2) is 5.23. The topological polar surface area (TPSA) is 37.4 Å². The fraction of sp³-hybridized carbons (Fsp3) is 0.545. The second-order valence-corrected chi connectivity index (χ2v) is 3.84. The minimum atomic E-state index is -0.304. The SMILES string of the molecule is COC[C@H]1CNCCN1c1ccc(F)cn1. The Labute approximate surface area is 94.4 Å². The summed E-state index contributed by atoms with van der Waals surface area (Å²) in [4.78, 5) is 6.25. The van der Waals surface area contributed by atoms with Gasteiger partial charge in [-0.2, -0.15) is 0 Å². The van der Waals surface area contributed by atoms with Crippen molar-refractivity contribution in [2.24, 2.45) is 0 Å². The van der Waals surface area contributed by atoms with Gasteiger partial charge in [-0.3, -0.25) is 0 Å². The molecule has 0 unspecified atom stereocenters. The van der Waals surface area contributed by atoms with Crippen LogP contribution in [0.4, 0.5) is 10.2 Å². The van der Waals surface area contributed by atoms with Crippen molar-refractivity contribution in [1.29, 1.82) is 0 Å². The first-order chi connectivity index (χ1) is 7.81. The highest BCUT2D eigenvalue weighted by Crippen LogP contribution is 2.15. The van der Waals surface area contributed by atoms with Gasteiger partial charge in [-0.15, -0.1) is 0 Å². The average Bonchev–Trinajstić information content (AvgIpc) is 2.32. The highest BCUT2D eigenvalue weighted by Gasteiger charge is 2.22. The molecule has 5 heteroatoms. The number of halogens is 1. The molecular weight excluding hydrogens is 209 g/mol. The number of rotatable bonds is 3. The zero-order chi connectivity index (χ0) is 11.4. The van der Waals surface area contributed by atoms with E-state index in [2.05, 4.69) is 15.2 Å². The van der Waals surface area contributed by atoms with Gasteiger partial charge in [0.25, 0.3) is 0 Å². The highest BCUT2D eigenvalue weighted by atomic mass is 19.1. The minimum Gasteiger partial charge on any atom is -0.383 e. The lowest BCUT2D eigenvalue weighted by atomic mass is 10.2. The van der Waals surface area contributed by atoms with Gasteiger partial charge in [0, 0.05) is 26.7 Å². The maximum absolute atomic E-state index is 12.8. The third-order valence-electron chi connectivity index (χ3n) is 2.72. The van der Waals surface area contributed by atoms with Crippen molar-refractivity contribution >= 4 is 5.82 Å². The van der Waals surface area contributed by atoms with Crippen LogP contribution in [0.3, 0.4) is 0 Å². The van der Waals surface area contributed by atoms with Crippen LogP contribution in [0.25, 0.3) is 0 Å². The summed E-state index contributed by atoms with van der Waals surface area (Å²) in [6.45, 7) is 3.30. The Kier molecular flexibility index (Phi) is 3.69. The van der Waals surface area contributed by atoms with Gasteiger partial charge in [-0.1, -0.05) is 0 Å². The summed E-state index contributed by atoms with van der Waals surface area (Å²) in [5, 5.41) is 3.31. The molecule has 1 aromatic heterocycles. The molecule has 1 aliphatic heterocycles. The molecule has 1 aliphatic rings. The van der Waals surface area contributed by atoms with Crippen LogP contribution in [0.2, 0.25) is 0 Å². The Balaban J connectivity index is 2.13. The Morgan fingerprint density at radius 3 is 3.19 bits per heavy atom. The molecule has 1 aromatic rings. The van der Waals surface area contributed by atoms with E-state index >= 15 is 0 Å². The number of pyridine rings is 1. The maximum atomic E-state index is 12.8. The van der Waals surface area contributed by atoms with Gasteiger partial charge in [0.15, 0.2) is 0 Å². The number of ether oxygens (including phenoxy) is 1. The Morgan fingerprint density at radius 2 is 2.50 bits per heavy atom. The van der Waals surface area contributed by atoms with Gasteiger partial charge in [-0.05, 0) is 12.1 Å². The van der Waals surface area contributed by atoms with Crippen LogP contribution in [-0.4, -0.2) is 44.4 Å². The fourth-order valence-electron chi connectivity index (χ4n) is 1.94. The van der Waals surface area contributed by atoms with Crippen molar-refractivity contribution in [3.05, 3.63) is 24.1 Å². The van der Waals surface area contributed by atoms with Crippen LogP contribution in [0, 0.1) is 5.82 Å². The molecule has 2 heterocycles. The smallest absolute Gasteiger partial charge is 0.141 e. The molecule has 1 N–H and O–H groups in total. The molecule has 0 aliphatic carbocycles. The molecule has 1 saturated heterocycles. The summed E-state index contributed by atoms with van der Waals surface area (Å²) < 4.78 is 18.0. The summed E-state index contributed by atoms with van der Waals surface area (Å²) >= 11 is 0. The largest absolute Gasteiger partial charge is 0.383 e.